The molecule has 18 heavy (non-hydrogen) atoms. The molecule has 2 aromatic heterocycles. The maximum absolute atomic E-state index is 11.1. The number of nitro groups is 1. The molecule has 7 nitrogen and oxygen atoms in total. The average Bonchev–Trinajstić information content (AvgIpc) is 2.68. The molecule has 0 atom stereocenters. The van der Waals surface area contributed by atoms with Gasteiger partial charge in [0.1, 0.15) is 5.69 Å². The Morgan fingerprint density at radius 1 is 1.39 bits per heavy atom. The number of nitrogen functional groups attached to an aromatic ring is 1. The van der Waals surface area contributed by atoms with Crippen molar-refractivity contribution in [3.63, 3.8) is 0 Å². The molecule has 0 aromatic carbocycles. The fourth-order valence-electron chi connectivity index (χ4n) is 1.70. The second kappa shape index (κ2) is 4.44. The van der Waals surface area contributed by atoms with Crippen LogP contribution in [0, 0.1) is 10.1 Å². The molecule has 7 heteroatoms. The van der Waals surface area contributed by atoms with Gasteiger partial charge in [-0.3, -0.25) is 15.1 Å². The predicted octanol–water partition coefficient (Wildman–Crippen LogP) is 1.88. The third-order valence-corrected chi connectivity index (χ3v) is 2.56. The van der Waals surface area contributed by atoms with E-state index < -0.39 is 4.92 Å². The molecule has 0 saturated heterocycles. The maximum atomic E-state index is 11.1. The third kappa shape index (κ3) is 1.90. The minimum Gasteiger partial charge on any atom is -0.378 e. The molecule has 0 aliphatic rings. The van der Waals surface area contributed by atoms with Gasteiger partial charge in [-0.1, -0.05) is 13.8 Å². The first-order valence-electron chi connectivity index (χ1n) is 5.45. The number of pyridine rings is 1. The van der Waals surface area contributed by atoms with Crippen molar-refractivity contribution >= 4 is 11.5 Å². The molecule has 0 spiro atoms. The highest BCUT2D eigenvalue weighted by Crippen LogP contribution is 2.32. The average molecular weight is 247 g/mol. The van der Waals surface area contributed by atoms with Gasteiger partial charge >= 0.3 is 5.69 Å². The van der Waals surface area contributed by atoms with E-state index in [0.29, 0.717) is 11.4 Å². The van der Waals surface area contributed by atoms with Crippen molar-refractivity contribution < 1.29 is 4.92 Å². The number of rotatable bonds is 3. The Balaban J connectivity index is 2.64. The van der Waals surface area contributed by atoms with E-state index in [1.165, 1.54) is 4.68 Å². The summed E-state index contributed by atoms with van der Waals surface area (Å²) < 4.78 is 1.37. The molecule has 0 amide bonds. The Bertz CT molecular complexity index is 577. The second-order valence-corrected chi connectivity index (χ2v) is 4.15. The van der Waals surface area contributed by atoms with E-state index >= 15 is 0 Å². The van der Waals surface area contributed by atoms with Gasteiger partial charge in [0.05, 0.1) is 10.6 Å². The van der Waals surface area contributed by atoms with Gasteiger partial charge in [0, 0.05) is 18.3 Å². The van der Waals surface area contributed by atoms with Crippen LogP contribution in [0.25, 0.3) is 5.69 Å². The summed E-state index contributed by atoms with van der Waals surface area (Å²) in [5.41, 5.74) is 6.72. The minimum absolute atomic E-state index is 0.0369. The number of nitrogens with two attached hydrogens (primary N) is 1. The quantitative estimate of drug-likeness (QED) is 0.659. The molecule has 0 saturated carbocycles. The van der Waals surface area contributed by atoms with Crippen molar-refractivity contribution in [1.82, 2.24) is 14.8 Å². The van der Waals surface area contributed by atoms with Gasteiger partial charge in [0.2, 0.25) is 5.82 Å². The van der Waals surface area contributed by atoms with Gasteiger partial charge in [-0.05, 0) is 12.1 Å². The highest BCUT2D eigenvalue weighted by Gasteiger charge is 2.28. The number of aromatic nitrogens is 3. The Morgan fingerprint density at radius 3 is 2.44 bits per heavy atom. The lowest BCUT2D eigenvalue weighted by atomic mass is 10.1. The summed E-state index contributed by atoms with van der Waals surface area (Å²) in [5.74, 6) is -0.0364. The van der Waals surface area contributed by atoms with E-state index in [1.54, 1.807) is 24.5 Å². The summed E-state index contributed by atoms with van der Waals surface area (Å²) in [4.78, 5) is 14.4. The van der Waals surface area contributed by atoms with Gasteiger partial charge in [-0.2, -0.15) is 5.10 Å². The molecule has 0 aliphatic heterocycles. The fraction of sp³-hybridized carbons (Fsp3) is 0.273. The zero-order valence-corrected chi connectivity index (χ0v) is 10.1. The van der Waals surface area contributed by atoms with Crippen LogP contribution in [0.3, 0.4) is 0 Å². The van der Waals surface area contributed by atoms with Crippen LogP contribution in [0.4, 0.5) is 11.5 Å². The molecule has 0 fully saturated rings. The molecule has 0 radical (unpaired) electrons. The van der Waals surface area contributed by atoms with Gasteiger partial charge in [0.25, 0.3) is 0 Å². The van der Waals surface area contributed by atoms with Crippen LogP contribution in [0.1, 0.15) is 25.5 Å². The normalized spacial score (nSPS) is 10.8. The van der Waals surface area contributed by atoms with Gasteiger partial charge in [-0.25, -0.2) is 4.68 Å². The van der Waals surface area contributed by atoms with Crippen molar-refractivity contribution in [1.29, 1.82) is 0 Å². The SMILES string of the molecule is CC(C)c1nn(-c2ccncc2)c(N)c1[N+](=O)[O-]. The van der Waals surface area contributed by atoms with Gasteiger partial charge in [0.15, 0.2) is 0 Å². The highest BCUT2D eigenvalue weighted by molar-refractivity contribution is 5.60. The summed E-state index contributed by atoms with van der Waals surface area (Å²) >= 11 is 0. The lowest BCUT2D eigenvalue weighted by Crippen LogP contribution is -2.03. The minimum atomic E-state index is -0.491. The molecule has 2 N–H and O–H groups in total. The van der Waals surface area contributed by atoms with Gasteiger partial charge < -0.3 is 5.73 Å². The Hall–Kier alpha value is -2.44. The lowest BCUT2D eigenvalue weighted by molar-refractivity contribution is -0.384. The number of hydrogen-bond acceptors (Lipinski definition) is 5. The van der Waals surface area contributed by atoms with E-state index in [1.807, 2.05) is 13.8 Å². The van der Waals surface area contributed by atoms with Crippen LogP contribution in [-0.4, -0.2) is 19.7 Å². The van der Waals surface area contributed by atoms with Crippen LogP contribution in [0.2, 0.25) is 0 Å². The standard InChI is InChI=1S/C11H13N5O2/c1-7(2)9-10(16(17)18)11(12)15(14-9)8-3-5-13-6-4-8/h3-7H,12H2,1-2H3. The van der Waals surface area contributed by atoms with Crippen LogP contribution in [0.5, 0.6) is 0 Å². The summed E-state index contributed by atoms with van der Waals surface area (Å²) in [6, 6.07) is 3.38. The number of nitrogens with zero attached hydrogens (tertiary/aromatic N) is 4. The highest BCUT2D eigenvalue weighted by atomic mass is 16.6. The van der Waals surface area contributed by atoms with E-state index in [-0.39, 0.29) is 17.4 Å². The third-order valence-electron chi connectivity index (χ3n) is 2.56. The second-order valence-electron chi connectivity index (χ2n) is 4.15. The Morgan fingerprint density at radius 2 is 2.00 bits per heavy atom. The van der Waals surface area contributed by atoms with Crippen LogP contribution in [0.15, 0.2) is 24.5 Å². The predicted molar refractivity (Wildman–Crippen MR) is 66.5 cm³/mol. The topological polar surface area (TPSA) is 99.9 Å². The molecule has 0 bridgehead atoms. The maximum Gasteiger partial charge on any atom is 0.334 e. The van der Waals surface area contributed by atoms with Crippen LogP contribution in [-0.2, 0) is 0 Å². The monoisotopic (exact) mass is 247 g/mol. The van der Waals surface area contributed by atoms with Gasteiger partial charge in [-0.15, -0.1) is 0 Å². The van der Waals surface area contributed by atoms with E-state index in [2.05, 4.69) is 10.1 Å². The molecule has 2 rings (SSSR count). The summed E-state index contributed by atoms with van der Waals surface area (Å²) in [6.07, 6.45) is 3.16. The largest absolute Gasteiger partial charge is 0.378 e. The first-order valence-corrected chi connectivity index (χ1v) is 5.45. The first kappa shape index (κ1) is 12.0. The van der Waals surface area contributed by atoms with Crippen molar-refractivity contribution in [3.8, 4) is 5.69 Å². The lowest BCUT2D eigenvalue weighted by Gasteiger charge is -2.01. The summed E-state index contributed by atoms with van der Waals surface area (Å²) in [7, 11) is 0. The number of hydrogen-bond donors (Lipinski definition) is 1. The van der Waals surface area contributed by atoms with Crippen LogP contribution < -0.4 is 5.73 Å². The zero-order chi connectivity index (χ0) is 13.3. The van der Waals surface area contributed by atoms with E-state index in [4.69, 9.17) is 5.73 Å². The van der Waals surface area contributed by atoms with Crippen LogP contribution >= 0.6 is 0 Å². The fourth-order valence-corrected chi connectivity index (χ4v) is 1.70. The molecular formula is C11H13N5O2. The molecule has 0 unspecified atom stereocenters. The van der Waals surface area contributed by atoms with E-state index in [0.717, 1.165) is 0 Å². The van der Waals surface area contributed by atoms with Crippen molar-refractivity contribution in [2.24, 2.45) is 0 Å². The Kier molecular flexibility index (Phi) is 2.97. The summed E-state index contributed by atoms with van der Waals surface area (Å²) in [5, 5.41) is 15.3. The van der Waals surface area contributed by atoms with Crippen molar-refractivity contribution in [2.45, 2.75) is 19.8 Å². The molecule has 0 aliphatic carbocycles. The smallest absolute Gasteiger partial charge is 0.334 e. The Labute approximate surface area is 103 Å². The van der Waals surface area contributed by atoms with Crippen molar-refractivity contribution in [2.75, 3.05) is 5.73 Å². The first-order chi connectivity index (χ1) is 8.52. The summed E-state index contributed by atoms with van der Waals surface area (Å²) in [6.45, 7) is 3.68. The number of anilines is 1. The molecule has 2 aromatic rings. The van der Waals surface area contributed by atoms with E-state index in [9.17, 15) is 10.1 Å². The molecular weight excluding hydrogens is 234 g/mol. The zero-order valence-electron chi connectivity index (χ0n) is 10.1. The van der Waals surface area contributed by atoms with Crippen molar-refractivity contribution in [3.05, 3.63) is 40.3 Å². The molecule has 2 heterocycles. The molecule has 94 valence electrons.